The maximum Gasteiger partial charge on any atom is 0.320 e. The number of rotatable bonds is 10. The van der Waals surface area contributed by atoms with E-state index in [1.807, 2.05) is 24.5 Å². The lowest BCUT2D eigenvalue weighted by atomic mass is 10.0. The summed E-state index contributed by atoms with van der Waals surface area (Å²) < 4.78 is 16.1. The Bertz CT molecular complexity index is 2410. The van der Waals surface area contributed by atoms with Crippen molar-refractivity contribution >= 4 is 67.4 Å². The molecule has 18 nitrogen and oxygen atoms in total. The minimum absolute atomic E-state index is 0.0443. The Morgan fingerprint density at radius 1 is 0.650 bits per heavy atom. The van der Waals surface area contributed by atoms with Crippen LogP contribution < -0.4 is 26.2 Å². The zero-order valence-electron chi connectivity index (χ0n) is 33.2. The quantitative estimate of drug-likeness (QED) is 0.0766. The molecule has 6 aromatic rings. The molecule has 3 aromatic heterocycles. The maximum atomic E-state index is 11.3. The molecule has 9 N–H and O–H groups in total. The summed E-state index contributed by atoms with van der Waals surface area (Å²) in [5.41, 5.74) is 18.7. The van der Waals surface area contributed by atoms with E-state index in [1.165, 1.54) is 22.7 Å². The number of carboxylic acids is 2. The summed E-state index contributed by atoms with van der Waals surface area (Å²) in [7, 11) is 0. The normalized spacial score (nSPS) is 16.8. The number of ether oxygens (including phenoxy) is 3. The average molecular weight is 826 g/mol. The highest BCUT2D eigenvalue weighted by atomic mass is 16.6. The topological polar surface area (TPSA) is 255 Å². The number of nitrogens with two attached hydrogens (primary N) is 2. The third-order valence-corrected chi connectivity index (χ3v) is 11.0. The molecule has 0 spiro atoms. The molecule has 0 saturated carbocycles. The monoisotopic (exact) mass is 825 g/mol. The number of fused-ring (bicyclic) bond motifs is 3. The van der Waals surface area contributed by atoms with Crippen molar-refractivity contribution in [2.24, 2.45) is 11.5 Å². The molecule has 0 bridgehead atoms. The minimum Gasteiger partial charge on any atom is -0.480 e. The molecule has 3 aromatic carbocycles. The number of aromatic amines is 3. The van der Waals surface area contributed by atoms with Crippen LogP contribution in [0.25, 0.3) is 32.7 Å². The summed E-state index contributed by atoms with van der Waals surface area (Å²) in [5, 5.41) is 32.4. The molecule has 0 aliphatic carbocycles. The van der Waals surface area contributed by atoms with Crippen LogP contribution in [0.1, 0.15) is 11.1 Å². The van der Waals surface area contributed by atoms with Crippen molar-refractivity contribution in [1.82, 2.24) is 15.0 Å². The average Bonchev–Trinajstić information content (AvgIpc) is 4.04. The first kappa shape index (κ1) is 42.0. The van der Waals surface area contributed by atoms with Crippen LogP contribution in [0.3, 0.4) is 0 Å². The van der Waals surface area contributed by atoms with Crippen LogP contribution >= 0.6 is 0 Å². The van der Waals surface area contributed by atoms with Crippen molar-refractivity contribution in [3.8, 4) is 0 Å². The lowest BCUT2D eigenvalue weighted by Crippen LogP contribution is -2.36. The number of anilines is 3. The van der Waals surface area contributed by atoms with Gasteiger partial charge in [0.1, 0.15) is 17.6 Å². The Morgan fingerprint density at radius 3 is 1.68 bits per heavy atom. The molecule has 0 unspecified atom stereocenters. The molecule has 18 heteroatoms. The lowest BCUT2D eigenvalue weighted by Gasteiger charge is -2.29. The van der Waals surface area contributed by atoms with Crippen LogP contribution in [-0.2, 0) is 36.6 Å². The number of nitro groups is 1. The SMILES string of the molecule is N[C@@H](Cc1c[nH]c2c([N+](=O)[O-])ccc(N3CCOCC3)c12)C(=O)O.N[C@@H](Cc1c[nH]c2cccc(N3CCOCC3)c12)C(=O)O.c1cc(N2CCOCC2)c2cc[nH]c2c1. The fourth-order valence-electron chi connectivity index (χ4n) is 7.93. The van der Waals surface area contributed by atoms with Gasteiger partial charge in [0.05, 0.1) is 44.6 Å². The molecule has 60 heavy (non-hydrogen) atoms. The molecule has 9 rings (SSSR count). The second-order valence-corrected chi connectivity index (χ2v) is 14.8. The fourth-order valence-corrected chi connectivity index (χ4v) is 7.93. The van der Waals surface area contributed by atoms with Gasteiger partial charge in [-0.25, -0.2) is 0 Å². The molecule has 3 saturated heterocycles. The van der Waals surface area contributed by atoms with Crippen LogP contribution in [0.4, 0.5) is 22.7 Å². The zero-order chi connectivity index (χ0) is 42.2. The number of H-pyrrole nitrogens is 3. The molecular weight excluding hydrogens is 775 g/mol. The van der Waals surface area contributed by atoms with Crippen molar-refractivity contribution in [3.05, 3.63) is 94.4 Å². The third kappa shape index (κ3) is 9.48. The number of nitrogens with one attached hydrogen (secondary N) is 3. The number of non-ortho nitro benzene ring substituents is 1. The molecule has 318 valence electrons. The van der Waals surface area contributed by atoms with Crippen LogP contribution in [0, 0.1) is 10.1 Å². The van der Waals surface area contributed by atoms with E-state index in [9.17, 15) is 19.7 Å². The Balaban J connectivity index is 0.000000139. The summed E-state index contributed by atoms with van der Waals surface area (Å²) in [6.45, 7) is 9.25. The summed E-state index contributed by atoms with van der Waals surface area (Å²) in [5.74, 6) is -2.09. The van der Waals surface area contributed by atoms with Gasteiger partial charge in [-0.2, -0.15) is 0 Å². The van der Waals surface area contributed by atoms with E-state index in [1.54, 1.807) is 12.3 Å². The van der Waals surface area contributed by atoms with Crippen LogP contribution in [0.5, 0.6) is 0 Å². The molecule has 3 aliphatic rings. The summed E-state index contributed by atoms with van der Waals surface area (Å²) in [6, 6.07) is 15.8. The maximum absolute atomic E-state index is 11.3. The first-order valence-electron chi connectivity index (χ1n) is 20.0. The zero-order valence-corrected chi connectivity index (χ0v) is 33.2. The number of hydrogen-bond donors (Lipinski definition) is 7. The highest BCUT2D eigenvalue weighted by molar-refractivity contribution is 6.01. The predicted molar refractivity (Wildman–Crippen MR) is 229 cm³/mol. The molecule has 2 atom stereocenters. The molecular formula is C42H51N9O9. The molecule has 0 amide bonds. The van der Waals surface area contributed by atoms with E-state index in [-0.39, 0.29) is 12.1 Å². The van der Waals surface area contributed by atoms with Crippen LogP contribution in [0.15, 0.2) is 73.2 Å². The first-order chi connectivity index (χ1) is 29.1. The lowest BCUT2D eigenvalue weighted by molar-refractivity contribution is -0.383. The van der Waals surface area contributed by atoms with Gasteiger partial charge in [-0.3, -0.25) is 19.7 Å². The van der Waals surface area contributed by atoms with E-state index in [0.29, 0.717) is 62.4 Å². The number of nitro benzene ring substituents is 1. The molecule has 0 radical (unpaired) electrons. The van der Waals surface area contributed by atoms with E-state index < -0.39 is 28.9 Å². The van der Waals surface area contributed by atoms with E-state index in [0.717, 1.165) is 67.2 Å². The van der Waals surface area contributed by atoms with E-state index >= 15 is 0 Å². The number of hydrogen-bond acceptors (Lipinski definition) is 12. The first-order valence-corrected chi connectivity index (χ1v) is 20.0. The molecule has 6 heterocycles. The van der Waals surface area contributed by atoms with Gasteiger partial charge in [0.15, 0.2) is 0 Å². The van der Waals surface area contributed by atoms with Gasteiger partial charge in [0, 0.05) is 121 Å². The van der Waals surface area contributed by atoms with E-state index in [4.69, 9.17) is 35.9 Å². The summed E-state index contributed by atoms with van der Waals surface area (Å²) in [6.07, 6.45) is 5.86. The number of carbonyl (C=O) groups is 2. The van der Waals surface area contributed by atoms with Gasteiger partial charge in [0.2, 0.25) is 0 Å². The minimum atomic E-state index is -1.11. The smallest absolute Gasteiger partial charge is 0.320 e. The largest absolute Gasteiger partial charge is 0.480 e. The van der Waals surface area contributed by atoms with Crippen molar-refractivity contribution in [2.75, 3.05) is 93.6 Å². The Hall–Kier alpha value is -6.18. The van der Waals surface area contributed by atoms with Gasteiger partial charge in [-0.15, -0.1) is 0 Å². The van der Waals surface area contributed by atoms with Gasteiger partial charge >= 0.3 is 11.9 Å². The fraction of sp³-hybridized carbons (Fsp3) is 0.381. The second kappa shape index (κ2) is 19.3. The number of aromatic nitrogens is 3. The highest BCUT2D eigenvalue weighted by Gasteiger charge is 2.25. The molecule has 3 fully saturated rings. The Kier molecular flexibility index (Phi) is 13.5. The van der Waals surface area contributed by atoms with Crippen molar-refractivity contribution in [3.63, 3.8) is 0 Å². The van der Waals surface area contributed by atoms with Gasteiger partial charge < -0.3 is 65.5 Å². The van der Waals surface area contributed by atoms with Gasteiger partial charge in [-0.05, 0) is 47.5 Å². The third-order valence-electron chi connectivity index (χ3n) is 11.0. The summed E-state index contributed by atoms with van der Waals surface area (Å²) in [4.78, 5) is 49.0. The summed E-state index contributed by atoms with van der Waals surface area (Å²) >= 11 is 0. The Morgan fingerprint density at radius 2 is 1.13 bits per heavy atom. The molecule has 3 aliphatic heterocycles. The number of carboxylic acid groups (broad SMARTS) is 2. The highest BCUT2D eigenvalue weighted by Crippen LogP contribution is 2.37. The van der Waals surface area contributed by atoms with Gasteiger partial charge in [-0.1, -0.05) is 12.1 Å². The van der Waals surface area contributed by atoms with Crippen LogP contribution in [-0.4, -0.2) is 133 Å². The number of morpholine rings is 3. The van der Waals surface area contributed by atoms with Gasteiger partial charge in [0.25, 0.3) is 5.69 Å². The van der Waals surface area contributed by atoms with Crippen LogP contribution in [0.2, 0.25) is 0 Å². The number of nitrogens with zero attached hydrogens (tertiary/aromatic N) is 4. The number of benzene rings is 3. The van der Waals surface area contributed by atoms with Crippen molar-refractivity contribution in [1.29, 1.82) is 0 Å². The Labute approximate surface area is 345 Å². The van der Waals surface area contributed by atoms with Crippen molar-refractivity contribution < 1.29 is 38.9 Å². The number of aliphatic carboxylic acids is 2. The van der Waals surface area contributed by atoms with Crippen molar-refractivity contribution in [2.45, 2.75) is 24.9 Å². The second-order valence-electron chi connectivity index (χ2n) is 14.8. The van der Waals surface area contributed by atoms with E-state index in [2.05, 4.69) is 60.0 Å². The predicted octanol–water partition coefficient (Wildman–Crippen LogP) is 3.83. The standard InChI is InChI=1S/C15H18N4O5.C15H19N3O3.C12H14N2O/c16-10(15(20)21)7-9-8-17-14-12(19(22)23)2-1-11(13(9)14)18-3-5-24-6-4-18;16-11(15(19)20)8-10-9-17-12-2-1-3-13(14(10)12)18-4-6-21-7-5-18;1-2-11-10(4-5-13-11)12(3-1)14-6-8-15-9-7-14/h1-2,8,10,17H,3-7,16H2,(H,20,21);1-3,9,11,17H,4-8,16H2,(H,19,20);1-5,13H,6-9H2/t10-;11-;/m00./s1.